The van der Waals surface area contributed by atoms with Gasteiger partial charge >= 0.3 is 17.1 Å². The fraction of sp³-hybridized carbons (Fsp3) is 0.333. The molecule has 12 nitrogen and oxygen atoms in total. The summed E-state index contributed by atoms with van der Waals surface area (Å²) in [5.41, 5.74) is -3.60. The Balaban J connectivity index is 2.99. The molecule has 1 aromatic rings. The van der Waals surface area contributed by atoms with Crippen LogP contribution in [0, 0.1) is 30.3 Å². The van der Waals surface area contributed by atoms with E-state index in [2.05, 4.69) is 0 Å². The molecule has 0 radical (unpaired) electrons. The lowest BCUT2D eigenvalue weighted by molar-refractivity contribution is -0.441. The highest BCUT2D eigenvalue weighted by Crippen LogP contribution is 2.57. The molecule has 12 heteroatoms. The third-order valence-corrected chi connectivity index (χ3v) is 2.62. The Bertz CT molecular complexity index is 621. The molecule has 1 aliphatic heterocycles. The van der Waals surface area contributed by atoms with Crippen LogP contribution < -0.4 is 14.2 Å². The molecule has 1 aromatic carbocycles. The standard InChI is InChI=1S/C9H7N3O9/c1-19-7-5(11(15)16)4(10(13)14)6(12(17)18)8-9(7)21-3-2-20-8/h2-3H2,1H3. The summed E-state index contributed by atoms with van der Waals surface area (Å²) in [6.07, 6.45) is 0. The normalized spacial score (nSPS) is 12.6. The minimum Gasteiger partial charge on any atom is -0.487 e. The summed E-state index contributed by atoms with van der Waals surface area (Å²) in [5.74, 6) is -1.54. The van der Waals surface area contributed by atoms with Crippen LogP contribution in [0.1, 0.15) is 0 Å². The van der Waals surface area contributed by atoms with Crippen molar-refractivity contribution in [3.05, 3.63) is 30.3 Å². The summed E-state index contributed by atoms with van der Waals surface area (Å²) < 4.78 is 14.8. The third-order valence-electron chi connectivity index (χ3n) is 2.62. The lowest BCUT2D eigenvalue weighted by atomic mass is 10.1. The molecule has 1 aliphatic rings. The van der Waals surface area contributed by atoms with E-state index in [1.165, 1.54) is 0 Å². The van der Waals surface area contributed by atoms with Gasteiger partial charge in [-0.15, -0.1) is 0 Å². The molecule has 21 heavy (non-hydrogen) atoms. The van der Waals surface area contributed by atoms with Crippen molar-refractivity contribution in [3.8, 4) is 17.2 Å². The molecule has 2 rings (SSSR count). The van der Waals surface area contributed by atoms with Gasteiger partial charge in [-0.3, -0.25) is 30.3 Å². The number of nitro benzene ring substituents is 3. The zero-order chi connectivity index (χ0) is 15.7. The summed E-state index contributed by atoms with van der Waals surface area (Å²) in [6.45, 7) is -0.124. The largest absolute Gasteiger partial charge is 0.487 e. The molecular weight excluding hydrogens is 294 g/mol. The Morgan fingerprint density at radius 2 is 1.33 bits per heavy atom. The number of fused-ring (bicyclic) bond motifs is 1. The Hall–Kier alpha value is -3.18. The summed E-state index contributed by atoms with van der Waals surface area (Å²) in [4.78, 5) is 29.7. The van der Waals surface area contributed by atoms with Crippen LogP contribution in [-0.4, -0.2) is 35.1 Å². The van der Waals surface area contributed by atoms with Crippen molar-refractivity contribution >= 4 is 17.1 Å². The molecule has 0 saturated heterocycles. The second kappa shape index (κ2) is 5.07. The fourth-order valence-corrected chi connectivity index (χ4v) is 1.90. The summed E-state index contributed by atoms with van der Waals surface area (Å²) in [5, 5.41) is 33.2. The van der Waals surface area contributed by atoms with E-state index in [-0.39, 0.29) is 13.2 Å². The number of nitrogens with zero attached hydrogens (tertiary/aromatic N) is 3. The van der Waals surface area contributed by atoms with Gasteiger partial charge in [0.05, 0.1) is 21.9 Å². The number of methoxy groups -OCH3 is 1. The van der Waals surface area contributed by atoms with Crippen molar-refractivity contribution in [3.63, 3.8) is 0 Å². The minimum atomic E-state index is -1.31. The van der Waals surface area contributed by atoms with Crippen molar-refractivity contribution in [2.45, 2.75) is 0 Å². The third kappa shape index (κ3) is 2.11. The molecule has 112 valence electrons. The van der Waals surface area contributed by atoms with Crippen LogP contribution in [-0.2, 0) is 0 Å². The van der Waals surface area contributed by atoms with Crippen LogP contribution >= 0.6 is 0 Å². The Morgan fingerprint density at radius 1 is 0.857 bits per heavy atom. The summed E-state index contributed by atoms with van der Waals surface area (Å²) in [7, 11) is 1.02. The molecule has 0 saturated carbocycles. The summed E-state index contributed by atoms with van der Waals surface area (Å²) >= 11 is 0. The molecule has 0 aromatic heterocycles. The quantitative estimate of drug-likeness (QED) is 0.588. The van der Waals surface area contributed by atoms with Crippen LogP contribution in [0.3, 0.4) is 0 Å². The highest BCUT2D eigenvalue weighted by atomic mass is 16.7. The molecule has 0 N–H and O–H groups in total. The zero-order valence-electron chi connectivity index (χ0n) is 10.4. The first-order valence-electron chi connectivity index (χ1n) is 5.36. The van der Waals surface area contributed by atoms with Gasteiger partial charge < -0.3 is 14.2 Å². The molecule has 0 atom stereocenters. The van der Waals surface area contributed by atoms with Gasteiger partial charge in [-0.05, 0) is 0 Å². The second-order valence-corrected chi connectivity index (χ2v) is 3.71. The van der Waals surface area contributed by atoms with Crippen LogP contribution in [0.4, 0.5) is 17.1 Å². The van der Waals surface area contributed by atoms with Gasteiger partial charge in [-0.25, -0.2) is 0 Å². The molecule has 1 heterocycles. The van der Waals surface area contributed by atoms with E-state index in [0.29, 0.717) is 0 Å². The van der Waals surface area contributed by atoms with E-state index >= 15 is 0 Å². The van der Waals surface area contributed by atoms with Gasteiger partial charge in [0.15, 0.2) is 0 Å². The molecule has 0 aliphatic carbocycles. The van der Waals surface area contributed by atoms with Crippen LogP contribution in [0.5, 0.6) is 17.2 Å². The van der Waals surface area contributed by atoms with Crippen molar-refractivity contribution in [1.82, 2.24) is 0 Å². The number of hydrogen-bond acceptors (Lipinski definition) is 9. The average Bonchev–Trinajstić information content (AvgIpc) is 2.43. The maximum absolute atomic E-state index is 11.1. The van der Waals surface area contributed by atoms with Crippen molar-refractivity contribution < 1.29 is 29.0 Å². The Kier molecular flexibility index (Phi) is 3.44. The van der Waals surface area contributed by atoms with Crippen molar-refractivity contribution in [1.29, 1.82) is 0 Å². The monoisotopic (exact) mass is 301 g/mol. The molecule has 0 amide bonds. The molecular formula is C9H7N3O9. The van der Waals surface area contributed by atoms with Gasteiger partial charge in [0.1, 0.15) is 13.2 Å². The number of hydrogen-bond donors (Lipinski definition) is 0. The highest BCUT2D eigenvalue weighted by molar-refractivity contribution is 5.83. The summed E-state index contributed by atoms with van der Waals surface area (Å²) in [6, 6.07) is 0. The molecule has 0 bridgehead atoms. The maximum Gasteiger partial charge on any atom is 0.430 e. The number of nitro groups is 3. The SMILES string of the molecule is COc1c2c(c([N+](=O)[O-])c([N+](=O)[O-])c1[N+](=O)[O-])OCCO2. The van der Waals surface area contributed by atoms with Crippen LogP contribution in [0.2, 0.25) is 0 Å². The first kappa shape index (κ1) is 14.2. The van der Waals surface area contributed by atoms with Crippen molar-refractivity contribution in [2.75, 3.05) is 20.3 Å². The first-order chi connectivity index (χ1) is 9.90. The second-order valence-electron chi connectivity index (χ2n) is 3.71. The number of rotatable bonds is 4. The lowest BCUT2D eigenvalue weighted by Gasteiger charge is -2.19. The predicted molar refractivity (Wildman–Crippen MR) is 63.9 cm³/mol. The van der Waals surface area contributed by atoms with E-state index in [9.17, 15) is 30.3 Å². The first-order valence-corrected chi connectivity index (χ1v) is 5.36. The van der Waals surface area contributed by atoms with Gasteiger partial charge in [-0.2, -0.15) is 0 Å². The van der Waals surface area contributed by atoms with Gasteiger partial charge in [0, 0.05) is 0 Å². The molecule has 0 spiro atoms. The Morgan fingerprint density at radius 3 is 1.76 bits per heavy atom. The topological polar surface area (TPSA) is 157 Å². The lowest BCUT2D eigenvalue weighted by Crippen LogP contribution is -2.18. The minimum absolute atomic E-state index is 0.0323. The van der Waals surface area contributed by atoms with E-state index in [0.717, 1.165) is 7.11 Å². The van der Waals surface area contributed by atoms with E-state index in [1.54, 1.807) is 0 Å². The average molecular weight is 301 g/mol. The van der Waals surface area contributed by atoms with E-state index in [4.69, 9.17) is 14.2 Å². The van der Waals surface area contributed by atoms with Crippen molar-refractivity contribution in [2.24, 2.45) is 0 Å². The number of benzene rings is 1. The molecule has 0 fully saturated rings. The molecule has 0 unspecified atom stereocenters. The van der Waals surface area contributed by atoms with E-state index in [1.807, 2.05) is 0 Å². The van der Waals surface area contributed by atoms with Gasteiger partial charge in [0.2, 0.25) is 5.75 Å². The smallest absolute Gasteiger partial charge is 0.430 e. The fourth-order valence-electron chi connectivity index (χ4n) is 1.90. The Labute approximate surface area is 115 Å². The van der Waals surface area contributed by atoms with Crippen LogP contribution in [0.15, 0.2) is 0 Å². The van der Waals surface area contributed by atoms with Crippen LogP contribution in [0.25, 0.3) is 0 Å². The zero-order valence-corrected chi connectivity index (χ0v) is 10.4. The maximum atomic E-state index is 11.1. The highest BCUT2D eigenvalue weighted by Gasteiger charge is 2.48. The predicted octanol–water partition coefficient (Wildman–Crippen LogP) is 1.19. The van der Waals surface area contributed by atoms with Gasteiger partial charge in [-0.1, -0.05) is 0 Å². The number of ether oxygens (including phenoxy) is 3. The van der Waals surface area contributed by atoms with E-state index < -0.39 is 49.1 Å². The van der Waals surface area contributed by atoms with Gasteiger partial charge in [0.25, 0.3) is 11.5 Å².